The van der Waals surface area contributed by atoms with Crippen LogP contribution < -0.4 is 5.32 Å². The van der Waals surface area contributed by atoms with E-state index in [1.165, 1.54) is 60.7 Å². The molecule has 0 heterocycles. The third-order valence-corrected chi connectivity index (χ3v) is 5.68. The average Bonchev–Trinajstić information content (AvgIpc) is 2.89. The highest BCUT2D eigenvalue weighted by molar-refractivity contribution is 6.14. The molecular formula is C30H25NO9. The molecule has 0 bridgehead atoms. The number of aromatic hydroxyl groups is 4. The number of hydrogen-bond acceptors (Lipinski definition) is 8. The van der Waals surface area contributed by atoms with Crippen molar-refractivity contribution in [2.75, 3.05) is 0 Å². The van der Waals surface area contributed by atoms with Crippen LogP contribution in [0.4, 0.5) is 0 Å². The molecule has 6 N–H and O–H groups in total. The van der Waals surface area contributed by atoms with Gasteiger partial charge in [-0.05, 0) is 71.3 Å². The molecule has 0 radical (unpaired) electrons. The van der Waals surface area contributed by atoms with Gasteiger partial charge in [0.25, 0.3) is 0 Å². The molecule has 0 aliphatic rings. The van der Waals surface area contributed by atoms with E-state index in [-0.39, 0.29) is 45.3 Å². The van der Waals surface area contributed by atoms with Crippen LogP contribution in [0.3, 0.4) is 0 Å². The number of carboxylic acid groups (broad SMARTS) is 1. The number of amides is 1. The van der Waals surface area contributed by atoms with Crippen molar-refractivity contribution in [2.24, 2.45) is 5.92 Å². The van der Waals surface area contributed by atoms with Crippen molar-refractivity contribution in [2.45, 2.75) is 6.04 Å². The number of nitrogens with one attached hydrogen (secondary N) is 1. The monoisotopic (exact) mass is 543 g/mol. The quantitative estimate of drug-likeness (QED) is 0.155. The van der Waals surface area contributed by atoms with Gasteiger partial charge in [0.2, 0.25) is 5.91 Å². The van der Waals surface area contributed by atoms with E-state index in [4.69, 9.17) is 0 Å². The smallest absolute Gasteiger partial charge is 0.335 e. The van der Waals surface area contributed by atoms with Gasteiger partial charge in [-0.1, -0.05) is 30.9 Å². The Kier molecular flexibility index (Phi) is 9.21. The van der Waals surface area contributed by atoms with Crippen LogP contribution >= 0.6 is 0 Å². The minimum absolute atomic E-state index is 0.0565. The predicted molar refractivity (Wildman–Crippen MR) is 146 cm³/mol. The van der Waals surface area contributed by atoms with Gasteiger partial charge in [-0.25, -0.2) is 4.79 Å². The molecule has 204 valence electrons. The number of phenols is 4. The maximum atomic E-state index is 13.5. The first-order valence-corrected chi connectivity index (χ1v) is 11.7. The Bertz CT molecular complexity index is 1410. The van der Waals surface area contributed by atoms with Crippen LogP contribution in [0.1, 0.15) is 33.1 Å². The van der Waals surface area contributed by atoms with Crippen LogP contribution in [0.2, 0.25) is 0 Å². The fourth-order valence-electron chi connectivity index (χ4n) is 3.87. The van der Waals surface area contributed by atoms with Crippen LogP contribution in [0.5, 0.6) is 23.0 Å². The van der Waals surface area contributed by atoms with E-state index in [0.717, 1.165) is 30.4 Å². The predicted octanol–water partition coefficient (Wildman–Crippen LogP) is 3.73. The van der Waals surface area contributed by atoms with Gasteiger partial charge in [0, 0.05) is 12.1 Å². The summed E-state index contributed by atoms with van der Waals surface area (Å²) in [5, 5.41) is 50.7. The molecule has 1 amide bonds. The number of aromatic carboxylic acids is 1. The maximum absolute atomic E-state index is 13.5. The molecule has 0 aliphatic carbocycles. The first-order chi connectivity index (χ1) is 19.0. The molecule has 10 nitrogen and oxygen atoms in total. The zero-order valence-corrected chi connectivity index (χ0v) is 20.9. The van der Waals surface area contributed by atoms with Gasteiger partial charge < -0.3 is 30.8 Å². The van der Waals surface area contributed by atoms with E-state index in [0.29, 0.717) is 0 Å². The highest BCUT2D eigenvalue weighted by atomic mass is 16.4. The Morgan fingerprint density at radius 2 is 1.12 bits per heavy atom. The number of hydrogen-bond donors (Lipinski definition) is 6. The minimum Gasteiger partial charge on any atom is -0.508 e. The molecule has 0 spiro atoms. The lowest BCUT2D eigenvalue weighted by Crippen LogP contribution is -2.39. The van der Waals surface area contributed by atoms with Crippen LogP contribution in [-0.2, 0) is 14.4 Å². The fourth-order valence-corrected chi connectivity index (χ4v) is 3.87. The Balaban J connectivity index is 2.08. The number of ketones is 2. The van der Waals surface area contributed by atoms with Gasteiger partial charge in [-0.2, -0.15) is 0 Å². The molecule has 0 fully saturated rings. The van der Waals surface area contributed by atoms with E-state index in [1.807, 2.05) is 0 Å². The highest BCUT2D eigenvalue weighted by Crippen LogP contribution is 2.28. The normalized spacial score (nSPS) is 12.6. The van der Waals surface area contributed by atoms with Crippen LogP contribution in [0.15, 0.2) is 85.5 Å². The zero-order chi connectivity index (χ0) is 29.4. The molecular weight excluding hydrogens is 518 g/mol. The molecule has 1 atom stereocenters. The van der Waals surface area contributed by atoms with Crippen molar-refractivity contribution in [3.8, 4) is 23.0 Å². The first-order valence-electron chi connectivity index (χ1n) is 11.7. The lowest BCUT2D eigenvalue weighted by atomic mass is 9.84. The molecule has 0 aliphatic heterocycles. The largest absolute Gasteiger partial charge is 0.508 e. The summed E-state index contributed by atoms with van der Waals surface area (Å²) in [6.45, 7) is 3.40. The number of phenolic OH excluding ortho intramolecular Hbond substituents is 4. The van der Waals surface area contributed by atoms with Crippen molar-refractivity contribution in [3.63, 3.8) is 0 Å². The summed E-state index contributed by atoms with van der Waals surface area (Å²) in [5.74, 6) is -6.04. The van der Waals surface area contributed by atoms with Gasteiger partial charge in [-0.15, -0.1) is 0 Å². The highest BCUT2D eigenvalue weighted by Gasteiger charge is 2.34. The summed E-state index contributed by atoms with van der Waals surface area (Å²) in [7, 11) is 0. The number of allylic oxidation sites excluding steroid dienone is 2. The van der Waals surface area contributed by atoms with Crippen LogP contribution in [-0.4, -0.2) is 49.0 Å². The summed E-state index contributed by atoms with van der Waals surface area (Å²) in [6.07, 6.45) is 5.56. The van der Waals surface area contributed by atoms with Crippen LogP contribution in [0, 0.1) is 5.92 Å². The molecule has 0 saturated carbocycles. The Hall–Kier alpha value is -5.64. The lowest BCUT2D eigenvalue weighted by molar-refractivity contribution is -0.129. The molecule has 3 aromatic carbocycles. The second-order valence-corrected chi connectivity index (χ2v) is 8.63. The first kappa shape index (κ1) is 28.9. The van der Waals surface area contributed by atoms with E-state index in [1.54, 1.807) is 0 Å². The molecule has 3 aromatic rings. The third kappa shape index (κ3) is 7.68. The van der Waals surface area contributed by atoms with Crippen molar-refractivity contribution in [3.05, 3.63) is 108 Å². The zero-order valence-electron chi connectivity index (χ0n) is 20.9. The number of carbonyl (C=O) groups is 4. The van der Waals surface area contributed by atoms with Gasteiger partial charge >= 0.3 is 5.97 Å². The Morgan fingerprint density at radius 3 is 1.50 bits per heavy atom. The van der Waals surface area contributed by atoms with Gasteiger partial charge in [0.15, 0.2) is 11.6 Å². The van der Waals surface area contributed by atoms with E-state index >= 15 is 0 Å². The molecule has 10 heteroatoms. The standard InChI is InChI=1S/C30H25NO9/c1-2-27(38)31-29(19-5-7-20(8-6-19)30(39)40)28(25(36)9-3-17-11-21(32)15-22(33)12-17)26(37)10-4-18-13-23(34)16-24(35)14-18/h2-16,28-29,32-35H,1H2,(H,31,38)(H,39,40). The maximum Gasteiger partial charge on any atom is 0.335 e. The molecule has 0 aromatic heterocycles. The van der Waals surface area contributed by atoms with Gasteiger partial charge in [-0.3, -0.25) is 14.4 Å². The van der Waals surface area contributed by atoms with Gasteiger partial charge in [0.05, 0.1) is 11.6 Å². The van der Waals surface area contributed by atoms with E-state index in [9.17, 15) is 44.7 Å². The second-order valence-electron chi connectivity index (χ2n) is 8.63. The topological polar surface area (TPSA) is 181 Å². The van der Waals surface area contributed by atoms with Gasteiger partial charge in [0.1, 0.15) is 28.9 Å². The third-order valence-electron chi connectivity index (χ3n) is 5.68. The summed E-state index contributed by atoms with van der Waals surface area (Å²) in [4.78, 5) is 50.6. The Morgan fingerprint density at radius 1 is 0.700 bits per heavy atom. The number of benzene rings is 3. The Labute approximate surface area is 228 Å². The van der Waals surface area contributed by atoms with Crippen molar-refractivity contribution in [1.82, 2.24) is 5.32 Å². The summed E-state index contributed by atoms with van der Waals surface area (Å²) < 4.78 is 0. The molecule has 0 saturated heterocycles. The van der Waals surface area contributed by atoms with Crippen molar-refractivity contribution in [1.29, 1.82) is 0 Å². The molecule has 3 rings (SSSR count). The van der Waals surface area contributed by atoms with Crippen molar-refractivity contribution < 1.29 is 44.7 Å². The molecule has 1 unspecified atom stereocenters. The lowest BCUT2D eigenvalue weighted by Gasteiger charge is -2.25. The average molecular weight is 544 g/mol. The summed E-state index contributed by atoms with van der Waals surface area (Å²) in [5.41, 5.74) is 0.693. The van der Waals surface area contributed by atoms with Crippen LogP contribution in [0.25, 0.3) is 12.2 Å². The number of carboxylic acids is 1. The summed E-state index contributed by atoms with van der Waals surface area (Å²) in [6, 6.07) is 11.3. The summed E-state index contributed by atoms with van der Waals surface area (Å²) >= 11 is 0. The van der Waals surface area contributed by atoms with E-state index < -0.39 is 35.4 Å². The number of rotatable bonds is 11. The minimum atomic E-state index is -1.57. The van der Waals surface area contributed by atoms with Crippen molar-refractivity contribution >= 4 is 35.6 Å². The van der Waals surface area contributed by atoms with E-state index in [2.05, 4.69) is 11.9 Å². The number of carbonyl (C=O) groups excluding carboxylic acids is 3. The fraction of sp³-hybridized carbons (Fsp3) is 0.0667. The SMILES string of the molecule is C=CC(=O)NC(c1ccc(C(=O)O)cc1)C(C(=O)C=Cc1cc(O)cc(O)c1)C(=O)C=Cc1cc(O)cc(O)c1. The molecule has 40 heavy (non-hydrogen) atoms. The second kappa shape index (κ2) is 12.7.